The molecule has 5 heteroatoms. The van der Waals surface area contributed by atoms with Crippen LogP contribution < -0.4 is 16.2 Å². The first-order valence-corrected chi connectivity index (χ1v) is 8.47. The van der Waals surface area contributed by atoms with Crippen LogP contribution in [0.1, 0.15) is 23.7 Å². The van der Waals surface area contributed by atoms with E-state index in [1.807, 2.05) is 30.3 Å². The van der Waals surface area contributed by atoms with E-state index < -0.39 is 0 Å². The molecule has 1 amide bonds. The van der Waals surface area contributed by atoms with Gasteiger partial charge in [0, 0.05) is 12.2 Å². The van der Waals surface area contributed by atoms with Gasteiger partial charge < -0.3 is 5.32 Å². The molecule has 1 fully saturated rings. The number of benzene rings is 2. The molecule has 2 unspecified atom stereocenters. The van der Waals surface area contributed by atoms with E-state index in [1.165, 1.54) is 16.3 Å². The molecule has 0 saturated carbocycles. The highest BCUT2D eigenvalue weighted by atomic mass is 16.2. The van der Waals surface area contributed by atoms with Gasteiger partial charge in [0.05, 0.1) is 12.2 Å². The third-order valence-corrected chi connectivity index (χ3v) is 4.59. The molecule has 5 nitrogen and oxygen atoms in total. The van der Waals surface area contributed by atoms with Crippen LogP contribution in [-0.4, -0.2) is 16.9 Å². The van der Waals surface area contributed by atoms with Crippen molar-refractivity contribution in [2.75, 3.05) is 0 Å². The van der Waals surface area contributed by atoms with E-state index in [1.54, 1.807) is 6.20 Å². The number of hydrogen-bond acceptors (Lipinski definition) is 4. The fraction of sp³-hybridized carbons (Fsp3) is 0.200. The van der Waals surface area contributed by atoms with Crippen molar-refractivity contribution < 1.29 is 4.79 Å². The molecule has 1 aliphatic rings. The SMILES string of the molecule is O=C(NCc1ccccn1)C1CC(c2cccc3ccccc23)NN1. The smallest absolute Gasteiger partial charge is 0.238 e. The highest BCUT2D eigenvalue weighted by molar-refractivity contribution is 5.86. The molecule has 1 aromatic heterocycles. The van der Waals surface area contributed by atoms with Gasteiger partial charge in [0.25, 0.3) is 0 Å². The number of carbonyl (C=O) groups is 1. The molecule has 3 aromatic rings. The number of hydrogen-bond donors (Lipinski definition) is 3. The molecule has 0 bridgehead atoms. The second kappa shape index (κ2) is 7.01. The monoisotopic (exact) mass is 332 g/mol. The summed E-state index contributed by atoms with van der Waals surface area (Å²) in [5.41, 5.74) is 8.46. The van der Waals surface area contributed by atoms with E-state index in [-0.39, 0.29) is 18.0 Å². The van der Waals surface area contributed by atoms with E-state index in [4.69, 9.17) is 0 Å². The average molecular weight is 332 g/mol. The lowest BCUT2D eigenvalue weighted by Gasteiger charge is -2.13. The molecule has 2 heterocycles. The van der Waals surface area contributed by atoms with Gasteiger partial charge in [-0.1, -0.05) is 48.5 Å². The second-order valence-corrected chi connectivity index (χ2v) is 6.24. The minimum atomic E-state index is -0.257. The summed E-state index contributed by atoms with van der Waals surface area (Å²) in [5, 5.41) is 5.38. The summed E-state index contributed by atoms with van der Waals surface area (Å²) in [6.07, 6.45) is 2.44. The van der Waals surface area contributed by atoms with Gasteiger partial charge in [0.15, 0.2) is 0 Å². The van der Waals surface area contributed by atoms with Gasteiger partial charge in [-0.2, -0.15) is 0 Å². The predicted octanol–water partition coefficient (Wildman–Crippen LogP) is 2.46. The van der Waals surface area contributed by atoms with Gasteiger partial charge in [-0.3, -0.25) is 9.78 Å². The number of hydrazine groups is 1. The Kier molecular flexibility index (Phi) is 4.41. The first kappa shape index (κ1) is 15.7. The molecule has 0 aliphatic carbocycles. The number of fused-ring (bicyclic) bond motifs is 1. The number of aromatic nitrogens is 1. The van der Waals surface area contributed by atoms with Crippen molar-refractivity contribution in [3.8, 4) is 0 Å². The molecule has 25 heavy (non-hydrogen) atoms. The molecule has 0 radical (unpaired) electrons. The van der Waals surface area contributed by atoms with Crippen molar-refractivity contribution in [3.63, 3.8) is 0 Å². The Hall–Kier alpha value is -2.76. The summed E-state index contributed by atoms with van der Waals surface area (Å²) < 4.78 is 0. The van der Waals surface area contributed by atoms with Crippen molar-refractivity contribution in [2.24, 2.45) is 0 Å². The third-order valence-electron chi connectivity index (χ3n) is 4.59. The van der Waals surface area contributed by atoms with Crippen LogP contribution in [0.25, 0.3) is 10.8 Å². The van der Waals surface area contributed by atoms with Gasteiger partial charge in [-0.05, 0) is 34.9 Å². The number of nitrogens with zero attached hydrogens (tertiary/aromatic N) is 1. The Bertz CT molecular complexity index is 876. The Morgan fingerprint density at radius 2 is 1.88 bits per heavy atom. The molecular weight excluding hydrogens is 312 g/mol. The highest BCUT2D eigenvalue weighted by Gasteiger charge is 2.30. The predicted molar refractivity (Wildman–Crippen MR) is 97.4 cm³/mol. The summed E-state index contributed by atoms with van der Waals surface area (Å²) in [4.78, 5) is 16.6. The van der Waals surface area contributed by atoms with Gasteiger partial charge in [-0.15, -0.1) is 0 Å². The van der Waals surface area contributed by atoms with E-state index >= 15 is 0 Å². The van der Waals surface area contributed by atoms with Gasteiger partial charge in [-0.25, -0.2) is 10.9 Å². The lowest BCUT2D eigenvalue weighted by atomic mass is 9.96. The highest BCUT2D eigenvalue weighted by Crippen LogP contribution is 2.29. The molecule has 0 spiro atoms. The molecular formula is C20H20N4O. The summed E-state index contributed by atoms with van der Waals surface area (Å²) >= 11 is 0. The van der Waals surface area contributed by atoms with Crippen LogP contribution in [0.3, 0.4) is 0 Å². The minimum Gasteiger partial charge on any atom is -0.349 e. The maximum absolute atomic E-state index is 12.4. The summed E-state index contributed by atoms with van der Waals surface area (Å²) in [7, 11) is 0. The molecule has 3 N–H and O–H groups in total. The van der Waals surface area contributed by atoms with Crippen molar-refractivity contribution in [1.82, 2.24) is 21.2 Å². The van der Waals surface area contributed by atoms with Crippen LogP contribution in [0.5, 0.6) is 0 Å². The Morgan fingerprint density at radius 1 is 1.04 bits per heavy atom. The van der Waals surface area contributed by atoms with Crippen LogP contribution in [0.4, 0.5) is 0 Å². The summed E-state index contributed by atoms with van der Waals surface area (Å²) in [6.45, 7) is 0.441. The number of amides is 1. The topological polar surface area (TPSA) is 66.0 Å². The van der Waals surface area contributed by atoms with Gasteiger partial charge >= 0.3 is 0 Å². The minimum absolute atomic E-state index is 0.0131. The Morgan fingerprint density at radius 3 is 2.76 bits per heavy atom. The molecule has 4 rings (SSSR count). The fourth-order valence-corrected chi connectivity index (χ4v) is 3.29. The quantitative estimate of drug-likeness (QED) is 0.687. The van der Waals surface area contributed by atoms with Gasteiger partial charge in [0.2, 0.25) is 5.91 Å². The number of nitrogens with one attached hydrogen (secondary N) is 3. The van der Waals surface area contributed by atoms with Gasteiger partial charge in [0.1, 0.15) is 6.04 Å². The normalized spacial score (nSPS) is 19.8. The van der Waals surface area contributed by atoms with Crippen LogP contribution in [-0.2, 0) is 11.3 Å². The molecule has 1 aliphatic heterocycles. The van der Waals surface area contributed by atoms with Crippen molar-refractivity contribution in [1.29, 1.82) is 0 Å². The van der Waals surface area contributed by atoms with Crippen LogP contribution in [0, 0.1) is 0 Å². The maximum atomic E-state index is 12.4. The van der Waals surface area contributed by atoms with E-state index in [9.17, 15) is 4.79 Å². The standard InChI is InChI=1S/C20H20N4O/c25-20(22-13-15-8-3-4-11-21-15)19-12-18(23-24-19)17-10-5-7-14-6-1-2-9-16(14)17/h1-11,18-19,23-24H,12-13H2,(H,22,25). The lowest BCUT2D eigenvalue weighted by Crippen LogP contribution is -2.42. The maximum Gasteiger partial charge on any atom is 0.238 e. The molecule has 1 saturated heterocycles. The largest absolute Gasteiger partial charge is 0.349 e. The third kappa shape index (κ3) is 3.38. The van der Waals surface area contributed by atoms with E-state index in [0.717, 1.165) is 5.69 Å². The zero-order valence-corrected chi connectivity index (χ0v) is 13.8. The summed E-state index contributed by atoms with van der Waals surface area (Å²) in [5.74, 6) is -0.0131. The Labute approximate surface area is 146 Å². The number of pyridine rings is 1. The van der Waals surface area contributed by atoms with Crippen LogP contribution in [0.15, 0.2) is 66.9 Å². The average Bonchev–Trinajstić information content (AvgIpc) is 3.16. The molecule has 126 valence electrons. The number of rotatable bonds is 4. The number of carbonyl (C=O) groups excluding carboxylic acids is 1. The Balaban J connectivity index is 1.43. The zero-order valence-electron chi connectivity index (χ0n) is 13.8. The molecule has 2 atom stereocenters. The van der Waals surface area contributed by atoms with E-state index in [2.05, 4.69) is 51.5 Å². The summed E-state index contributed by atoms with van der Waals surface area (Å²) in [6, 6.07) is 20.2. The van der Waals surface area contributed by atoms with Crippen molar-refractivity contribution in [3.05, 3.63) is 78.1 Å². The first-order chi connectivity index (χ1) is 12.3. The van der Waals surface area contributed by atoms with Crippen molar-refractivity contribution >= 4 is 16.7 Å². The lowest BCUT2D eigenvalue weighted by molar-refractivity contribution is -0.123. The van der Waals surface area contributed by atoms with Crippen LogP contribution in [0.2, 0.25) is 0 Å². The van der Waals surface area contributed by atoms with Crippen LogP contribution >= 0.6 is 0 Å². The van der Waals surface area contributed by atoms with E-state index in [0.29, 0.717) is 13.0 Å². The molecule has 2 aromatic carbocycles. The fourth-order valence-electron chi connectivity index (χ4n) is 3.29. The zero-order chi connectivity index (χ0) is 17.1. The second-order valence-electron chi connectivity index (χ2n) is 6.24. The van der Waals surface area contributed by atoms with Crippen molar-refractivity contribution in [2.45, 2.75) is 25.0 Å². The first-order valence-electron chi connectivity index (χ1n) is 8.47.